The maximum Gasteiger partial charge on any atom is 0.0942 e. The Bertz CT molecular complexity index is 434. The van der Waals surface area contributed by atoms with E-state index in [0.717, 1.165) is 35.4 Å². The van der Waals surface area contributed by atoms with Gasteiger partial charge in [-0.1, -0.05) is 24.6 Å². The summed E-state index contributed by atoms with van der Waals surface area (Å²) in [6.45, 7) is 4.35. The predicted octanol–water partition coefficient (Wildman–Crippen LogP) is 2.34. The summed E-state index contributed by atoms with van der Waals surface area (Å²) in [5.41, 5.74) is 1.92. The lowest BCUT2D eigenvalue weighted by Gasteiger charge is -2.34. The van der Waals surface area contributed by atoms with Gasteiger partial charge in [-0.15, -0.1) is 0 Å². The Morgan fingerprint density at radius 2 is 2.10 bits per heavy atom. The molecule has 1 aromatic rings. The Hall–Kier alpha value is -0.970. The number of hydrogen-bond donors (Lipinski definition) is 3. The summed E-state index contributed by atoms with van der Waals surface area (Å²) in [5.74, 6) is 0.765. The molecule has 20 heavy (non-hydrogen) atoms. The molecule has 0 spiro atoms. The topological polar surface area (TPSA) is 55.7 Å². The fraction of sp³-hybridized carbons (Fsp3) is 0.600. The molecule has 1 atom stereocenters. The van der Waals surface area contributed by atoms with Gasteiger partial charge in [0.1, 0.15) is 0 Å². The van der Waals surface area contributed by atoms with E-state index >= 15 is 0 Å². The maximum absolute atomic E-state index is 9.47. The number of piperidine rings is 1. The van der Waals surface area contributed by atoms with Crippen LogP contribution in [0.15, 0.2) is 18.2 Å². The average Bonchev–Trinajstić information content (AvgIpc) is 2.46. The standard InChI is InChI=1S/C15H23ClN2O2/c1-11-5-7-18(8-6-11)15-13(16)3-2-4-14(15)17-9-12(20)10-19/h2-4,11-12,17,19-20H,5-10H2,1H3. The molecule has 1 heterocycles. The minimum Gasteiger partial charge on any atom is -0.394 e. The van der Waals surface area contributed by atoms with Gasteiger partial charge in [0.25, 0.3) is 0 Å². The zero-order chi connectivity index (χ0) is 14.5. The third kappa shape index (κ3) is 3.78. The van der Waals surface area contributed by atoms with Gasteiger partial charge in [-0.2, -0.15) is 0 Å². The van der Waals surface area contributed by atoms with Crippen molar-refractivity contribution < 1.29 is 10.2 Å². The molecule has 2 rings (SSSR count). The van der Waals surface area contributed by atoms with E-state index in [-0.39, 0.29) is 6.61 Å². The molecule has 0 radical (unpaired) electrons. The monoisotopic (exact) mass is 298 g/mol. The Labute approximate surface area is 125 Å². The second-order valence-electron chi connectivity index (χ2n) is 5.52. The van der Waals surface area contributed by atoms with E-state index < -0.39 is 6.10 Å². The van der Waals surface area contributed by atoms with Crippen LogP contribution in [0, 0.1) is 5.92 Å². The highest BCUT2D eigenvalue weighted by molar-refractivity contribution is 6.34. The van der Waals surface area contributed by atoms with Crippen molar-refractivity contribution in [2.45, 2.75) is 25.9 Å². The zero-order valence-electron chi connectivity index (χ0n) is 11.8. The van der Waals surface area contributed by atoms with Crippen LogP contribution < -0.4 is 10.2 Å². The van der Waals surface area contributed by atoms with Crippen LogP contribution in [0.2, 0.25) is 5.02 Å². The van der Waals surface area contributed by atoms with E-state index in [9.17, 15) is 5.11 Å². The minimum absolute atomic E-state index is 0.246. The third-order valence-corrected chi connectivity index (χ3v) is 4.13. The first kappa shape index (κ1) is 15.4. The van der Waals surface area contributed by atoms with Crippen molar-refractivity contribution in [2.24, 2.45) is 5.92 Å². The number of nitrogens with one attached hydrogen (secondary N) is 1. The summed E-state index contributed by atoms with van der Waals surface area (Å²) in [7, 11) is 0. The maximum atomic E-state index is 9.47. The molecular weight excluding hydrogens is 276 g/mol. The highest BCUT2D eigenvalue weighted by Gasteiger charge is 2.20. The first-order chi connectivity index (χ1) is 9.61. The number of rotatable bonds is 5. The fourth-order valence-electron chi connectivity index (χ4n) is 2.50. The highest BCUT2D eigenvalue weighted by atomic mass is 35.5. The molecule has 0 aromatic heterocycles. The van der Waals surface area contributed by atoms with Gasteiger partial charge in [0, 0.05) is 19.6 Å². The van der Waals surface area contributed by atoms with Crippen LogP contribution >= 0.6 is 11.6 Å². The quantitative estimate of drug-likeness (QED) is 0.781. The third-order valence-electron chi connectivity index (χ3n) is 3.83. The Morgan fingerprint density at radius 1 is 1.40 bits per heavy atom. The molecule has 112 valence electrons. The van der Waals surface area contributed by atoms with Crippen molar-refractivity contribution in [3.63, 3.8) is 0 Å². The van der Waals surface area contributed by atoms with Gasteiger partial charge in [-0.05, 0) is 30.9 Å². The van der Waals surface area contributed by atoms with Crippen LogP contribution in [0.4, 0.5) is 11.4 Å². The van der Waals surface area contributed by atoms with Crippen molar-refractivity contribution >= 4 is 23.0 Å². The summed E-state index contributed by atoms with van der Waals surface area (Å²) in [6, 6.07) is 5.75. The number of hydrogen-bond acceptors (Lipinski definition) is 4. The molecule has 1 aliphatic rings. The van der Waals surface area contributed by atoms with E-state index in [1.807, 2.05) is 18.2 Å². The van der Waals surface area contributed by atoms with Gasteiger partial charge in [0.15, 0.2) is 0 Å². The Kier molecular flexibility index (Phi) is 5.52. The van der Waals surface area contributed by atoms with Crippen LogP contribution in [-0.2, 0) is 0 Å². The van der Waals surface area contributed by atoms with Crippen molar-refractivity contribution in [1.82, 2.24) is 0 Å². The van der Waals surface area contributed by atoms with Crippen LogP contribution in [0.5, 0.6) is 0 Å². The van der Waals surface area contributed by atoms with E-state index in [0.29, 0.717) is 6.54 Å². The lowest BCUT2D eigenvalue weighted by Crippen LogP contribution is -2.34. The molecule has 3 N–H and O–H groups in total. The molecule has 0 aliphatic carbocycles. The average molecular weight is 299 g/mol. The molecule has 0 bridgehead atoms. The Morgan fingerprint density at radius 3 is 2.75 bits per heavy atom. The van der Waals surface area contributed by atoms with E-state index in [4.69, 9.17) is 16.7 Å². The molecule has 4 nitrogen and oxygen atoms in total. The lowest BCUT2D eigenvalue weighted by atomic mass is 9.98. The van der Waals surface area contributed by atoms with E-state index in [2.05, 4.69) is 17.1 Å². The number of halogens is 1. The number of aliphatic hydroxyl groups excluding tert-OH is 2. The van der Waals surface area contributed by atoms with Crippen LogP contribution in [0.1, 0.15) is 19.8 Å². The number of para-hydroxylation sites is 1. The first-order valence-corrected chi connectivity index (χ1v) is 7.56. The van der Waals surface area contributed by atoms with Gasteiger partial charge in [-0.25, -0.2) is 0 Å². The molecule has 1 fully saturated rings. The molecule has 1 aromatic carbocycles. The summed E-state index contributed by atoms with van der Waals surface area (Å²) in [4.78, 5) is 2.30. The molecule has 1 aliphatic heterocycles. The molecule has 5 heteroatoms. The van der Waals surface area contributed by atoms with E-state index in [1.54, 1.807) is 0 Å². The second-order valence-corrected chi connectivity index (χ2v) is 5.93. The second kappa shape index (κ2) is 7.16. The zero-order valence-corrected chi connectivity index (χ0v) is 12.6. The molecule has 0 saturated carbocycles. The minimum atomic E-state index is -0.761. The smallest absolute Gasteiger partial charge is 0.0942 e. The highest BCUT2D eigenvalue weighted by Crippen LogP contribution is 2.36. The SMILES string of the molecule is CC1CCN(c2c(Cl)cccc2NCC(O)CO)CC1. The van der Waals surface area contributed by atoms with Crippen molar-refractivity contribution in [2.75, 3.05) is 36.5 Å². The van der Waals surface area contributed by atoms with Crippen LogP contribution in [0.25, 0.3) is 0 Å². The predicted molar refractivity (Wildman–Crippen MR) is 83.6 cm³/mol. The summed E-state index contributed by atoms with van der Waals surface area (Å²) >= 11 is 6.35. The summed E-state index contributed by atoms with van der Waals surface area (Å²) in [6.07, 6.45) is 1.58. The molecule has 0 amide bonds. The molecular formula is C15H23ClN2O2. The van der Waals surface area contributed by atoms with Crippen molar-refractivity contribution in [3.8, 4) is 0 Å². The number of aliphatic hydroxyl groups is 2. The summed E-state index contributed by atoms with van der Waals surface area (Å²) in [5, 5.41) is 22.3. The van der Waals surface area contributed by atoms with E-state index in [1.165, 1.54) is 12.8 Å². The van der Waals surface area contributed by atoms with Gasteiger partial charge >= 0.3 is 0 Å². The van der Waals surface area contributed by atoms with Gasteiger partial charge in [-0.3, -0.25) is 0 Å². The first-order valence-electron chi connectivity index (χ1n) is 7.18. The molecule has 1 saturated heterocycles. The lowest BCUT2D eigenvalue weighted by molar-refractivity contribution is 0.105. The van der Waals surface area contributed by atoms with Crippen molar-refractivity contribution in [1.29, 1.82) is 0 Å². The molecule has 1 unspecified atom stereocenters. The van der Waals surface area contributed by atoms with Crippen LogP contribution in [-0.4, -0.2) is 42.6 Å². The van der Waals surface area contributed by atoms with Crippen molar-refractivity contribution in [3.05, 3.63) is 23.2 Å². The van der Waals surface area contributed by atoms with Gasteiger partial charge in [0.05, 0.1) is 29.1 Å². The van der Waals surface area contributed by atoms with Gasteiger partial charge in [0.2, 0.25) is 0 Å². The largest absolute Gasteiger partial charge is 0.394 e. The van der Waals surface area contributed by atoms with Gasteiger partial charge < -0.3 is 20.4 Å². The van der Waals surface area contributed by atoms with Crippen LogP contribution in [0.3, 0.4) is 0 Å². The number of anilines is 2. The number of nitrogens with zero attached hydrogens (tertiary/aromatic N) is 1. The number of benzene rings is 1. The summed E-state index contributed by atoms with van der Waals surface area (Å²) < 4.78 is 0. The fourth-order valence-corrected chi connectivity index (χ4v) is 2.80. The normalized spacial score (nSPS) is 18.1. The Balaban J connectivity index is 2.13.